The van der Waals surface area contributed by atoms with Crippen LogP contribution in [0.3, 0.4) is 0 Å². The van der Waals surface area contributed by atoms with E-state index in [4.69, 9.17) is 14.5 Å². The molecule has 1 aliphatic rings. The number of ether oxygens (including phenoxy) is 2. The highest BCUT2D eigenvalue weighted by Crippen LogP contribution is 2.32. The molecule has 1 aliphatic heterocycles. The molecule has 0 radical (unpaired) electrons. The largest absolute Gasteiger partial charge is 0.490 e. The Bertz CT molecular complexity index is 1010. The molecule has 3 rings (SSSR count). The van der Waals surface area contributed by atoms with E-state index in [9.17, 15) is 8.42 Å². The fraction of sp³-hybridized carbons (Fsp3) is 0.409. The molecule has 32 heavy (non-hydrogen) atoms. The summed E-state index contributed by atoms with van der Waals surface area (Å²) in [6.45, 7) is 4.77. The van der Waals surface area contributed by atoms with Crippen LogP contribution in [-0.4, -0.2) is 46.9 Å². The summed E-state index contributed by atoms with van der Waals surface area (Å²) in [4.78, 5) is 4.71. The van der Waals surface area contributed by atoms with E-state index in [1.165, 1.54) is 5.56 Å². The molecule has 0 aromatic heterocycles. The Morgan fingerprint density at radius 1 is 1.06 bits per heavy atom. The summed E-state index contributed by atoms with van der Waals surface area (Å²) in [7, 11) is -3.19. The highest BCUT2D eigenvalue weighted by atomic mass is 127. The monoisotopic (exact) mass is 574 g/mol. The summed E-state index contributed by atoms with van der Waals surface area (Å²) in [6.07, 6.45) is 2.63. The molecule has 0 fully saturated rings. The number of rotatable bonds is 8. The molecule has 2 aromatic rings. The van der Waals surface area contributed by atoms with Crippen LogP contribution in [0.15, 0.2) is 47.5 Å². The summed E-state index contributed by atoms with van der Waals surface area (Å²) in [5, 5.41) is 6.58. The first-order valence-electron chi connectivity index (χ1n) is 10.3. The van der Waals surface area contributed by atoms with Crippen molar-refractivity contribution in [1.29, 1.82) is 0 Å². The van der Waals surface area contributed by atoms with E-state index < -0.39 is 10.0 Å². The minimum atomic E-state index is -3.19. The highest BCUT2D eigenvalue weighted by Gasteiger charge is 2.11. The molecule has 0 atom stereocenters. The third kappa shape index (κ3) is 8.83. The van der Waals surface area contributed by atoms with Crippen LogP contribution < -0.4 is 24.8 Å². The number of sulfonamides is 1. The number of benzene rings is 2. The Labute approximate surface area is 207 Å². The van der Waals surface area contributed by atoms with E-state index in [1.807, 2.05) is 30.3 Å². The summed E-state index contributed by atoms with van der Waals surface area (Å²) in [5.41, 5.74) is 3.15. The lowest BCUT2D eigenvalue weighted by atomic mass is 10.1. The molecular weight excluding hydrogens is 543 g/mol. The van der Waals surface area contributed by atoms with E-state index >= 15 is 0 Å². The van der Waals surface area contributed by atoms with Gasteiger partial charge in [0.2, 0.25) is 10.0 Å². The number of aryl methyl sites for hydroxylation is 1. The van der Waals surface area contributed by atoms with Gasteiger partial charge >= 0.3 is 0 Å². The van der Waals surface area contributed by atoms with Crippen molar-refractivity contribution in [1.82, 2.24) is 10.0 Å². The zero-order valence-corrected chi connectivity index (χ0v) is 21.5. The quantitative estimate of drug-likeness (QED) is 0.194. The molecule has 0 spiro atoms. The Morgan fingerprint density at radius 3 is 2.56 bits per heavy atom. The van der Waals surface area contributed by atoms with E-state index in [2.05, 4.69) is 34.4 Å². The molecule has 2 aromatic carbocycles. The minimum Gasteiger partial charge on any atom is -0.490 e. The number of hydrogen-bond acceptors (Lipinski definition) is 5. The molecule has 0 unspecified atom stereocenters. The average molecular weight is 574 g/mol. The van der Waals surface area contributed by atoms with E-state index in [1.54, 1.807) is 0 Å². The van der Waals surface area contributed by atoms with Gasteiger partial charge in [-0.1, -0.05) is 24.3 Å². The molecular formula is C22H31IN4O4S. The van der Waals surface area contributed by atoms with Crippen molar-refractivity contribution in [3.05, 3.63) is 53.6 Å². The van der Waals surface area contributed by atoms with Crippen molar-refractivity contribution in [2.24, 2.45) is 4.99 Å². The van der Waals surface area contributed by atoms with Crippen molar-refractivity contribution in [3.63, 3.8) is 0 Å². The maximum atomic E-state index is 11.2. The highest BCUT2D eigenvalue weighted by molar-refractivity contribution is 14.0. The molecule has 8 nitrogen and oxygen atoms in total. The van der Waals surface area contributed by atoms with Gasteiger partial charge in [0, 0.05) is 31.3 Å². The molecule has 10 heteroatoms. The first-order chi connectivity index (χ1) is 14.9. The standard InChI is InChI=1S/C22H30N4O4S.HI/c1-17-7-3-4-8-18(17)16-24-22(23-11-5-12-25-31(2,27)28)26-19-9-10-20-21(15-19)30-14-6-13-29-20;/h3-4,7-10,15,25H,5-6,11-14,16H2,1-2H3,(H2,23,24,26);1H. The van der Waals surface area contributed by atoms with Crippen molar-refractivity contribution >= 4 is 45.6 Å². The van der Waals surface area contributed by atoms with Gasteiger partial charge in [-0.15, -0.1) is 24.0 Å². The van der Waals surface area contributed by atoms with Crippen LogP contribution in [0.1, 0.15) is 24.0 Å². The van der Waals surface area contributed by atoms with E-state index in [0.717, 1.165) is 29.7 Å². The predicted octanol–water partition coefficient (Wildman–Crippen LogP) is 3.27. The molecule has 0 saturated heterocycles. The molecule has 176 valence electrons. The van der Waals surface area contributed by atoms with Gasteiger partial charge in [-0.25, -0.2) is 18.1 Å². The van der Waals surface area contributed by atoms with Gasteiger partial charge in [0.15, 0.2) is 17.5 Å². The van der Waals surface area contributed by atoms with Crippen molar-refractivity contribution in [2.75, 3.05) is 37.9 Å². The maximum absolute atomic E-state index is 11.2. The SMILES string of the molecule is Cc1ccccc1CN=C(NCCCNS(C)(=O)=O)Nc1ccc2c(c1)OCCCO2.I. The molecule has 1 heterocycles. The number of aliphatic imine (C=N–C) groups is 1. The Hall–Kier alpha value is -2.05. The average Bonchev–Trinajstić information content (AvgIpc) is 2.96. The number of halogens is 1. The Morgan fingerprint density at radius 2 is 1.81 bits per heavy atom. The smallest absolute Gasteiger partial charge is 0.208 e. The third-order valence-electron chi connectivity index (χ3n) is 4.69. The van der Waals surface area contributed by atoms with Crippen LogP contribution in [0.25, 0.3) is 0 Å². The van der Waals surface area contributed by atoms with Crippen molar-refractivity contribution in [3.8, 4) is 11.5 Å². The second-order valence-corrected chi connectivity index (χ2v) is 9.21. The predicted molar refractivity (Wildman–Crippen MR) is 139 cm³/mol. The second kappa shape index (κ2) is 12.9. The first kappa shape index (κ1) is 26.2. The first-order valence-corrected chi connectivity index (χ1v) is 12.2. The van der Waals surface area contributed by atoms with Crippen LogP contribution in [0.2, 0.25) is 0 Å². The number of guanidine groups is 1. The zero-order valence-electron chi connectivity index (χ0n) is 18.4. The summed E-state index contributed by atoms with van der Waals surface area (Å²) < 4.78 is 36.4. The lowest BCUT2D eigenvalue weighted by Gasteiger charge is -2.15. The van der Waals surface area contributed by atoms with Gasteiger partial charge in [-0.2, -0.15) is 0 Å². The minimum absolute atomic E-state index is 0. The maximum Gasteiger partial charge on any atom is 0.208 e. The number of anilines is 1. The fourth-order valence-corrected chi connectivity index (χ4v) is 3.54. The van der Waals surface area contributed by atoms with Crippen LogP contribution in [-0.2, 0) is 16.6 Å². The normalized spacial score (nSPS) is 13.6. The van der Waals surface area contributed by atoms with Gasteiger partial charge in [0.05, 0.1) is 26.0 Å². The van der Waals surface area contributed by atoms with Crippen molar-refractivity contribution < 1.29 is 17.9 Å². The summed E-state index contributed by atoms with van der Waals surface area (Å²) in [6, 6.07) is 13.8. The molecule has 0 saturated carbocycles. The van der Waals surface area contributed by atoms with Gasteiger partial charge in [-0.05, 0) is 36.6 Å². The summed E-state index contributed by atoms with van der Waals surface area (Å²) >= 11 is 0. The number of fused-ring (bicyclic) bond motifs is 1. The number of nitrogens with one attached hydrogen (secondary N) is 3. The zero-order chi connectivity index (χ0) is 22.1. The van der Waals surface area contributed by atoms with E-state index in [-0.39, 0.29) is 24.0 Å². The lowest BCUT2D eigenvalue weighted by molar-refractivity contribution is 0.297. The van der Waals surface area contributed by atoms with Crippen LogP contribution >= 0.6 is 24.0 Å². The molecule has 0 aliphatic carbocycles. The lowest BCUT2D eigenvalue weighted by Crippen LogP contribution is -2.33. The fourth-order valence-electron chi connectivity index (χ4n) is 3.02. The molecule has 0 amide bonds. The molecule has 0 bridgehead atoms. The van der Waals surface area contributed by atoms with Crippen LogP contribution in [0, 0.1) is 6.92 Å². The Kier molecular flexibility index (Phi) is 10.5. The molecule has 3 N–H and O–H groups in total. The summed E-state index contributed by atoms with van der Waals surface area (Å²) in [5.74, 6) is 2.05. The topological polar surface area (TPSA) is 101 Å². The van der Waals surface area contributed by atoms with E-state index in [0.29, 0.717) is 51.0 Å². The van der Waals surface area contributed by atoms with Crippen LogP contribution in [0.4, 0.5) is 5.69 Å². The second-order valence-electron chi connectivity index (χ2n) is 7.38. The Balaban J connectivity index is 0.00000363. The van der Waals surface area contributed by atoms with Gasteiger partial charge in [0.1, 0.15) is 0 Å². The number of nitrogens with zero attached hydrogens (tertiary/aromatic N) is 1. The van der Waals surface area contributed by atoms with Gasteiger partial charge in [-0.3, -0.25) is 0 Å². The van der Waals surface area contributed by atoms with Gasteiger partial charge in [0.25, 0.3) is 0 Å². The third-order valence-corrected chi connectivity index (χ3v) is 5.42. The van der Waals surface area contributed by atoms with Crippen LogP contribution in [0.5, 0.6) is 11.5 Å². The van der Waals surface area contributed by atoms with Crippen molar-refractivity contribution in [2.45, 2.75) is 26.3 Å². The van der Waals surface area contributed by atoms with Gasteiger partial charge < -0.3 is 20.1 Å². The number of hydrogen-bond donors (Lipinski definition) is 3.